The average molecular weight is 551 g/mol. The monoisotopic (exact) mass is 550 g/mol. The predicted octanol–water partition coefficient (Wildman–Crippen LogP) is 7.78. The molecule has 6 nitrogen and oxygen atoms in total. The Morgan fingerprint density at radius 3 is 2.45 bits per heavy atom. The summed E-state index contributed by atoms with van der Waals surface area (Å²) in [5.74, 6) is 0.334. The Bertz CT molecular complexity index is 1380. The summed E-state index contributed by atoms with van der Waals surface area (Å²) in [5.41, 5.74) is 8.20. The van der Waals surface area contributed by atoms with Crippen LogP contribution in [-0.4, -0.2) is 12.6 Å². The highest BCUT2D eigenvalue weighted by Crippen LogP contribution is 2.43. The van der Waals surface area contributed by atoms with E-state index in [0.29, 0.717) is 23.0 Å². The Balaban J connectivity index is 1.52. The number of rotatable bonds is 10. The van der Waals surface area contributed by atoms with E-state index in [2.05, 4.69) is 13.0 Å². The Morgan fingerprint density at radius 1 is 1.00 bits per heavy atom. The molecule has 0 amide bonds. The van der Waals surface area contributed by atoms with E-state index in [1.165, 1.54) is 31.4 Å². The first-order valence-electron chi connectivity index (χ1n) is 12.5. The van der Waals surface area contributed by atoms with Crippen LogP contribution >= 0.6 is 23.2 Å². The molecule has 1 aliphatic rings. The Labute approximate surface area is 232 Å². The second-order valence-corrected chi connectivity index (χ2v) is 9.81. The number of allylic oxidation sites excluding steroid dienone is 1. The second-order valence-electron chi connectivity index (χ2n) is 8.97. The number of ether oxygens (including phenoxy) is 3. The van der Waals surface area contributed by atoms with E-state index in [4.69, 9.17) is 43.1 Å². The zero-order chi connectivity index (χ0) is 27.1. The lowest BCUT2D eigenvalue weighted by molar-refractivity contribution is 0.0734. The van der Waals surface area contributed by atoms with Crippen molar-refractivity contribution in [2.75, 3.05) is 6.61 Å². The number of nitrogens with zero attached hydrogens (tertiary/aromatic N) is 1. The van der Waals surface area contributed by atoms with Crippen LogP contribution in [0.15, 0.2) is 72.1 Å². The van der Waals surface area contributed by atoms with Gasteiger partial charge < -0.3 is 19.9 Å². The fourth-order valence-corrected chi connectivity index (χ4v) is 4.80. The summed E-state index contributed by atoms with van der Waals surface area (Å²) in [5, 5.41) is 10.4. The molecule has 3 aromatic carbocycles. The van der Waals surface area contributed by atoms with E-state index in [-0.39, 0.29) is 22.2 Å². The van der Waals surface area contributed by atoms with E-state index < -0.39 is 11.9 Å². The number of carbonyl (C=O) groups is 1. The minimum atomic E-state index is -0.638. The third-order valence-electron chi connectivity index (χ3n) is 6.28. The van der Waals surface area contributed by atoms with E-state index in [9.17, 15) is 10.1 Å². The summed E-state index contributed by atoms with van der Waals surface area (Å²) in [4.78, 5) is 12.7. The molecule has 0 aromatic heterocycles. The van der Waals surface area contributed by atoms with Gasteiger partial charge in [0.2, 0.25) is 5.88 Å². The van der Waals surface area contributed by atoms with Crippen LogP contribution in [0.1, 0.15) is 66.4 Å². The van der Waals surface area contributed by atoms with Crippen molar-refractivity contribution in [3.63, 3.8) is 0 Å². The molecule has 0 aliphatic carbocycles. The van der Waals surface area contributed by atoms with Crippen LogP contribution in [0.4, 0.5) is 0 Å². The maximum atomic E-state index is 12.7. The summed E-state index contributed by atoms with van der Waals surface area (Å²) < 4.78 is 17.1. The molecule has 0 fully saturated rings. The Hall–Kier alpha value is -3.66. The first-order chi connectivity index (χ1) is 18.4. The number of esters is 1. The van der Waals surface area contributed by atoms with Gasteiger partial charge >= 0.3 is 5.97 Å². The van der Waals surface area contributed by atoms with E-state index in [1.54, 1.807) is 24.3 Å². The maximum Gasteiger partial charge on any atom is 0.345 e. The van der Waals surface area contributed by atoms with Crippen LogP contribution in [0.5, 0.6) is 17.2 Å². The highest BCUT2D eigenvalue weighted by atomic mass is 35.5. The van der Waals surface area contributed by atoms with Crippen LogP contribution in [0.3, 0.4) is 0 Å². The number of fused-ring (bicyclic) bond motifs is 1. The van der Waals surface area contributed by atoms with Crippen LogP contribution in [0.2, 0.25) is 10.0 Å². The number of unbranched alkanes of at least 4 members (excludes halogenated alkanes) is 4. The molecule has 1 aliphatic heterocycles. The number of nitriles is 1. The first-order valence-corrected chi connectivity index (χ1v) is 13.3. The zero-order valence-electron chi connectivity index (χ0n) is 21.0. The number of halogens is 2. The summed E-state index contributed by atoms with van der Waals surface area (Å²) in [6.45, 7) is 2.87. The minimum absolute atomic E-state index is 0.00151. The largest absolute Gasteiger partial charge is 0.494 e. The van der Waals surface area contributed by atoms with Crippen molar-refractivity contribution < 1.29 is 19.0 Å². The van der Waals surface area contributed by atoms with Crippen molar-refractivity contribution >= 4 is 29.2 Å². The standard InChI is InChI=1S/C30H28Cl2N2O4/c1-2-3-4-5-6-15-36-21-10-7-19(8-11-21)28-24-14-12-22(17-27(24)38-29(34)25(28)18-33)37-30(35)23-13-9-20(31)16-26(23)32/h7-14,16-17,28H,2-6,15,34H2,1H3. The van der Waals surface area contributed by atoms with Gasteiger partial charge in [0.25, 0.3) is 0 Å². The van der Waals surface area contributed by atoms with Crippen molar-refractivity contribution in [1.82, 2.24) is 0 Å². The summed E-state index contributed by atoms with van der Waals surface area (Å²) in [6.07, 6.45) is 5.86. The fourth-order valence-electron chi connectivity index (χ4n) is 4.31. The number of nitrogens with two attached hydrogens (primary N) is 1. The van der Waals surface area contributed by atoms with Crippen molar-refractivity contribution in [2.24, 2.45) is 5.73 Å². The lowest BCUT2D eigenvalue weighted by Gasteiger charge is -2.27. The van der Waals surface area contributed by atoms with Crippen molar-refractivity contribution in [1.29, 1.82) is 5.26 Å². The Kier molecular flexibility index (Phi) is 9.17. The van der Waals surface area contributed by atoms with Gasteiger partial charge in [-0.1, -0.05) is 74.0 Å². The van der Waals surface area contributed by atoms with Crippen molar-refractivity contribution in [3.8, 4) is 23.3 Å². The molecule has 0 bridgehead atoms. The van der Waals surface area contributed by atoms with Crippen LogP contribution in [0, 0.1) is 11.3 Å². The van der Waals surface area contributed by atoms with E-state index in [0.717, 1.165) is 29.7 Å². The van der Waals surface area contributed by atoms with Gasteiger partial charge in [-0.2, -0.15) is 5.26 Å². The molecule has 1 atom stereocenters. The smallest absolute Gasteiger partial charge is 0.345 e. The van der Waals surface area contributed by atoms with Crippen molar-refractivity contribution in [2.45, 2.75) is 44.9 Å². The molecule has 8 heteroatoms. The van der Waals surface area contributed by atoms with Crippen LogP contribution < -0.4 is 19.9 Å². The quantitative estimate of drug-likeness (QED) is 0.157. The van der Waals surface area contributed by atoms with Gasteiger partial charge in [0, 0.05) is 16.7 Å². The average Bonchev–Trinajstić information content (AvgIpc) is 2.90. The molecule has 1 heterocycles. The molecule has 0 spiro atoms. The van der Waals surface area contributed by atoms with E-state index >= 15 is 0 Å². The lowest BCUT2D eigenvalue weighted by Crippen LogP contribution is -2.21. The van der Waals surface area contributed by atoms with Crippen molar-refractivity contribution in [3.05, 3.63) is 98.9 Å². The molecule has 3 aromatic rings. The summed E-state index contributed by atoms with van der Waals surface area (Å²) in [6, 6.07) is 19.3. The van der Waals surface area contributed by atoms with Gasteiger partial charge in [0.1, 0.15) is 28.9 Å². The molecule has 38 heavy (non-hydrogen) atoms. The molecule has 0 saturated heterocycles. The number of benzene rings is 3. The lowest BCUT2D eigenvalue weighted by atomic mass is 9.83. The highest BCUT2D eigenvalue weighted by molar-refractivity contribution is 6.36. The fraction of sp³-hybridized carbons (Fsp3) is 0.267. The topological polar surface area (TPSA) is 94.6 Å². The number of carbonyl (C=O) groups excluding carboxylic acids is 1. The number of hydrogen-bond acceptors (Lipinski definition) is 6. The zero-order valence-corrected chi connectivity index (χ0v) is 22.5. The summed E-state index contributed by atoms with van der Waals surface area (Å²) in [7, 11) is 0. The first kappa shape index (κ1) is 27.4. The van der Waals surface area contributed by atoms with Gasteiger partial charge in [-0.05, 0) is 48.4 Å². The third-order valence-corrected chi connectivity index (χ3v) is 6.83. The molecular weight excluding hydrogens is 523 g/mol. The second kappa shape index (κ2) is 12.7. The highest BCUT2D eigenvalue weighted by Gasteiger charge is 2.31. The summed E-state index contributed by atoms with van der Waals surface area (Å²) >= 11 is 12.1. The minimum Gasteiger partial charge on any atom is -0.494 e. The molecule has 4 rings (SSSR count). The molecular formula is C30H28Cl2N2O4. The van der Waals surface area contributed by atoms with E-state index in [1.807, 2.05) is 24.3 Å². The van der Waals surface area contributed by atoms with Gasteiger partial charge in [0.05, 0.1) is 23.1 Å². The molecule has 2 N–H and O–H groups in total. The predicted molar refractivity (Wildman–Crippen MR) is 148 cm³/mol. The Morgan fingerprint density at radius 2 is 1.74 bits per heavy atom. The SMILES string of the molecule is CCCCCCCOc1ccc(C2C(C#N)=C(N)Oc3cc(OC(=O)c4ccc(Cl)cc4Cl)ccc32)cc1. The maximum absolute atomic E-state index is 12.7. The normalized spacial score (nSPS) is 14.3. The molecule has 0 saturated carbocycles. The third kappa shape index (κ3) is 6.42. The molecule has 0 radical (unpaired) electrons. The van der Waals surface area contributed by atoms with Gasteiger partial charge in [-0.3, -0.25) is 0 Å². The number of hydrogen-bond donors (Lipinski definition) is 1. The van der Waals surface area contributed by atoms with Gasteiger partial charge in [-0.15, -0.1) is 0 Å². The molecule has 196 valence electrons. The molecule has 1 unspecified atom stereocenters. The van der Waals surface area contributed by atoms with Gasteiger partial charge in [-0.25, -0.2) is 4.79 Å². The van der Waals surface area contributed by atoms with Crippen LogP contribution in [-0.2, 0) is 0 Å². The van der Waals surface area contributed by atoms with Crippen LogP contribution in [0.25, 0.3) is 0 Å². The van der Waals surface area contributed by atoms with Gasteiger partial charge in [0.15, 0.2) is 0 Å².